The summed E-state index contributed by atoms with van der Waals surface area (Å²) in [5.41, 5.74) is -0.0562. The quantitative estimate of drug-likeness (QED) is 0.779. The molecule has 0 aromatic heterocycles. The number of ether oxygens (including phenoxy) is 2. The number of hydrogen-bond donors (Lipinski definition) is 2. The molecule has 1 amide bonds. The van der Waals surface area contributed by atoms with Gasteiger partial charge in [-0.1, -0.05) is 0 Å². The lowest BCUT2D eigenvalue weighted by Gasteiger charge is -2.19. The maximum atomic E-state index is 11.5. The van der Waals surface area contributed by atoms with Gasteiger partial charge in [-0.3, -0.25) is 5.32 Å². The third-order valence-corrected chi connectivity index (χ3v) is 1.83. The van der Waals surface area contributed by atoms with Crippen LogP contribution in [0.15, 0.2) is 18.2 Å². The predicted octanol–water partition coefficient (Wildman–Crippen LogP) is 2.75. The van der Waals surface area contributed by atoms with Crippen molar-refractivity contribution in [1.29, 1.82) is 0 Å². The maximum Gasteiger partial charge on any atom is 0.412 e. The molecule has 0 fully saturated rings. The number of benzene rings is 1. The Balaban J connectivity index is 2.72. The van der Waals surface area contributed by atoms with Gasteiger partial charge in [0.15, 0.2) is 11.5 Å². The van der Waals surface area contributed by atoms with Crippen LogP contribution in [0.4, 0.5) is 10.5 Å². The van der Waals surface area contributed by atoms with Crippen LogP contribution in [0.3, 0.4) is 0 Å². The molecule has 2 N–H and O–H groups in total. The first-order valence-corrected chi connectivity index (χ1v) is 5.19. The number of amides is 1. The molecule has 5 heteroatoms. The van der Waals surface area contributed by atoms with E-state index in [2.05, 4.69) is 5.32 Å². The molecule has 17 heavy (non-hydrogen) atoms. The van der Waals surface area contributed by atoms with E-state index in [-0.39, 0.29) is 5.75 Å². The van der Waals surface area contributed by atoms with Crippen LogP contribution in [0.5, 0.6) is 11.5 Å². The number of nitrogens with one attached hydrogen (secondary N) is 1. The van der Waals surface area contributed by atoms with Crippen LogP contribution in [-0.4, -0.2) is 23.9 Å². The lowest BCUT2D eigenvalue weighted by molar-refractivity contribution is 0.0636. The maximum absolute atomic E-state index is 11.5. The highest BCUT2D eigenvalue weighted by Gasteiger charge is 2.16. The molecule has 0 bridgehead atoms. The van der Waals surface area contributed by atoms with Gasteiger partial charge >= 0.3 is 6.09 Å². The summed E-state index contributed by atoms with van der Waals surface area (Å²) in [7, 11) is 1.44. The first-order valence-electron chi connectivity index (χ1n) is 5.19. The zero-order valence-corrected chi connectivity index (χ0v) is 10.4. The zero-order valence-electron chi connectivity index (χ0n) is 10.4. The summed E-state index contributed by atoms with van der Waals surface area (Å²) in [4.78, 5) is 11.5. The molecule has 1 aromatic rings. The number of carbonyl (C=O) groups excluding carboxylic acids is 1. The van der Waals surface area contributed by atoms with Gasteiger partial charge in [-0.25, -0.2) is 4.79 Å². The summed E-state index contributed by atoms with van der Waals surface area (Å²) in [5.74, 6) is 0.306. The fourth-order valence-electron chi connectivity index (χ4n) is 1.18. The standard InChI is InChI=1S/C12H17NO4/c1-12(2,3)17-11(15)13-8-5-6-9(14)10(7-8)16-4/h5-7,14H,1-4H3,(H,13,15). The van der Waals surface area contributed by atoms with Gasteiger partial charge in [-0.05, 0) is 32.9 Å². The van der Waals surface area contributed by atoms with Crippen molar-refractivity contribution in [3.8, 4) is 11.5 Å². The Morgan fingerprint density at radius 1 is 1.35 bits per heavy atom. The molecule has 0 saturated carbocycles. The van der Waals surface area contributed by atoms with Crippen LogP contribution >= 0.6 is 0 Å². The van der Waals surface area contributed by atoms with Crippen molar-refractivity contribution in [2.24, 2.45) is 0 Å². The van der Waals surface area contributed by atoms with Crippen LogP contribution in [0.2, 0.25) is 0 Å². The first-order chi connectivity index (χ1) is 7.81. The molecule has 5 nitrogen and oxygen atoms in total. The van der Waals surface area contributed by atoms with Crippen molar-refractivity contribution < 1.29 is 19.4 Å². The van der Waals surface area contributed by atoms with Crippen molar-refractivity contribution in [2.75, 3.05) is 12.4 Å². The Bertz CT molecular complexity index is 409. The van der Waals surface area contributed by atoms with E-state index in [0.717, 1.165) is 0 Å². The van der Waals surface area contributed by atoms with Gasteiger partial charge in [0.25, 0.3) is 0 Å². The lowest BCUT2D eigenvalue weighted by Crippen LogP contribution is -2.27. The molecule has 0 aliphatic carbocycles. The number of phenolic OH excluding ortho intramolecular Hbond substituents is 1. The number of aromatic hydroxyl groups is 1. The van der Waals surface area contributed by atoms with E-state index in [1.165, 1.54) is 19.2 Å². The van der Waals surface area contributed by atoms with E-state index in [4.69, 9.17) is 9.47 Å². The summed E-state index contributed by atoms with van der Waals surface area (Å²) < 4.78 is 10.0. The lowest BCUT2D eigenvalue weighted by atomic mass is 10.2. The molecule has 1 aromatic carbocycles. The highest BCUT2D eigenvalue weighted by atomic mass is 16.6. The van der Waals surface area contributed by atoms with E-state index in [0.29, 0.717) is 11.4 Å². The third-order valence-electron chi connectivity index (χ3n) is 1.83. The molecule has 94 valence electrons. The second kappa shape index (κ2) is 4.95. The van der Waals surface area contributed by atoms with Crippen LogP contribution in [0.1, 0.15) is 20.8 Å². The number of carbonyl (C=O) groups is 1. The van der Waals surface area contributed by atoms with Crippen molar-refractivity contribution >= 4 is 11.8 Å². The average molecular weight is 239 g/mol. The molecule has 0 unspecified atom stereocenters. The first kappa shape index (κ1) is 13.2. The summed E-state index contributed by atoms with van der Waals surface area (Å²) in [6, 6.07) is 4.51. The van der Waals surface area contributed by atoms with Crippen LogP contribution < -0.4 is 10.1 Å². The molecule has 1 rings (SSSR count). The minimum absolute atomic E-state index is 0.0160. The molecule has 0 radical (unpaired) electrons. The molecular weight excluding hydrogens is 222 g/mol. The fourth-order valence-corrected chi connectivity index (χ4v) is 1.18. The Morgan fingerprint density at radius 3 is 2.53 bits per heavy atom. The van der Waals surface area contributed by atoms with E-state index in [9.17, 15) is 9.90 Å². The summed E-state index contributed by atoms with van der Waals surface area (Å²) in [5, 5.41) is 11.9. The highest BCUT2D eigenvalue weighted by Crippen LogP contribution is 2.28. The van der Waals surface area contributed by atoms with Crippen molar-refractivity contribution in [3.05, 3.63) is 18.2 Å². The Morgan fingerprint density at radius 2 is 2.00 bits per heavy atom. The highest BCUT2D eigenvalue weighted by molar-refractivity contribution is 5.85. The monoisotopic (exact) mass is 239 g/mol. The molecular formula is C12H17NO4. The smallest absolute Gasteiger partial charge is 0.412 e. The summed E-state index contributed by atoms with van der Waals surface area (Å²) in [6.45, 7) is 5.35. The summed E-state index contributed by atoms with van der Waals surface area (Å²) >= 11 is 0. The zero-order chi connectivity index (χ0) is 13.1. The molecule has 0 heterocycles. The molecule has 0 aliphatic heterocycles. The van der Waals surface area contributed by atoms with Gasteiger partial charge in [0, 0.05) is 11.8 Å². The Labute approximate surface area is 100 Å². The fraction of sp³-hybridized carbons (Fsp3) is 0.417. The minimum Gasteiger partial charge on any atom is -0.504 e. The number of hydrogen-bond acceptors (Lipinski definition) is 4. The predicted molar refractivity (Wildman–Crippen MR) is 64.5 cm³/mol. The number of rotatable bonds is 2. The van der Waals surface area contributed by atoms with Crippen LogP contribution in [-0.2, 0) is 4.74 Å². The minimum atomic E-state index is -0.551. The van der Waals surface area contributed by atoms with Gasteiger partial charge in [0.2, 0.25) is 0 Å². The summed E-state index contributed by atoms with van der Waals surface area (Å²) in [6.07, 6.45) is -0.551. The van der Waals surface area contributed by atoms with Gasteiger partial charge in [0.1, 0.15) is 5.60 Å². The number of methoxy groups -OCH3 is 1. The molecule has 0 spiro atoms. The Kier molecular flexibility index (Phi) is 3.83. The van der Waals surface area contributed by atoms with Crippen molar-refractivity contribution in [2.45, 2.75) is 26.4 Å². The van der Waals surface area contributed by atoms with Crippen LogP contribution in [0.25, 0.3) is 0 Å². The van der Waals surface area contributed by atoms with Crippen LogP contribution in [0, 0.1) is 0 Å². The third kappa shape index (κ3) is 4.22. The van der Waals surface area contributed by atoms with Crippen molar-refractivity contribution in [3.63, 3.8) is 0 Å². The van der Waals surface area contributed by atoms with E-state index < -0.39 is 11.7 Å². The molecule has 0 saturated heterocycles. The van der Waals surface area contributed by atoms with E-state index in [1.54, 1.807) is 26.8 Å². The van der Waals surface area contributed by atoms with Gasteiger partial charge in [-0.2, -0.15) is 0 Å². The van der Waals surface area contributed by atoms with Crippen molar-refractivity contribution in [1.82, 2.24) is 0 Å². The second-order valence-corrected chi connectivity index (χ2v) is 4.51. The van der Waals surface area contributed by atoms with E-state index in [1.807, 2.05) is 0 Å². The number of phenols is 1. The van der Waals surface area contributed by atoms with Gasteiger partial charge in [-0.15, -0.1) is 0 Å². The number of anilines is 1. The second-order valence-electron chi connectivity index (χ2n) is 4.51. The largest absolute Gasteiger partial charge is 0.504 e. The van der Waals surface area contributed by atoms with Gasteiger partial charge < -0.3 is 14.6 Å². The topological polar surface area (TPSA) is 67.8 Å². The molecule has 0 aliphatic rings. The average Bonchev–Trinajstić information content (AvgIpc) is 2.18. The Hall–Kier alpha value is -1.91. The normalized spacial score (nSPS) is 10.8. The SMILES string of the molecule is COc1cc(NC(=O)OC(C)(C)C)ccc1O. The van der Waals surface area contributed by atoms with E-state index >= 15 is 0 Å². The van der Waals surface area contributed by atoms with Gasteiger partial charge in [0.05, 0.1) is 7.11 Å². The molecule has 0 atom stereocenters.